The molecule has 4 aromatic heterocycles. The summed E-state index contributed by atoms with van der Waals surface area (Å²) >= 11 is 0. The molecule has 14 nitrogen and oxygen atoms in total. The first-order valence-corrected chi connectivity index (χ1v) is 21.6. The monoisotopic (exact) mass is 888 g/mol. The highest BCUT2D eigenvalue weighted by Crippen LogP contribution is 2.26. The molecule has 0 radical (unpaired) electrons. The first-order valence-electron chi connectivity index (χ1n) is 21.6. The Kier molecular flexibility index (Phi) is 13.1. The van der Waals surface area contributed by atoms with Crippen molar-refractivity contribution >= 4 is 61.0 Å². The van der Waals surface area contributed by atoms with Gasteiger partial charge in [-0.25, -0.2) is 24.7 Å². The number of nitrogens with zero attached hydrogens (tertiary/aromatic N) is 6. The Hall–Kier alpha value is -8.91. The maximum Gasteiger partial charge on any atom is 0.346 e. The minimum absolute atomic E-state index is 0.117. The second-order valence-electron chi connectivity index (χ2n) is 15.4. The van der Waals surface area contributed by atoms with Crippen LogP contribution in [0.15, 0.2) is 186 Å². The van der Waals surface area contributed by atoms with Crippen LogP contribution in [-0.4, -0.2) is 42.0 Å². The van der Waals surface area contributed by atoms with Crippen LogP contribution in [0.3, 0.4) is 0 Å². The molecular weight excluding hydrogens is 845 g/mol. The number of carbonyl (C=O) groups excluding carboxylic acids is 1. The molecular formula is C53H44N8O6. The van der Waals surface area contributed by atoms with Crippen LogP contribution in [0.2, 0.25) is 0 Å². The summed E-state index contributed by atoms with van der Waals surface area (Å²) in [4.78, 5) is 67.8. The number of rotatable bonds is 14. The third-order valence-electron chi connectivity index (χ3n) is 10.9. The highest BCUT2D eigenvalue weighted by molar-refractivity contribution is 6.04. The van der Waals surface area contributed by atoms with Crippen molar-refractivity contribution in [1.29, 1.82) is 0 Å². The van der Waals surface area contributed by atoms with E-state index in [0.717, 1.165) is 43.1 Å². The van der Waals surface area contributed by atoms with Crippen molar-refractivity contribution in [2.24, 2.45) is 0 Å². The molecule has 10 rings (SSSR count). The molecule has 0 unspecified atom stereocenters. The normalized spacial score (nSPS) is 10.9. The molecule has 0 saturated heterocycles. The molecule has 0 aliphatic rings. The maximum absolute atomic E-state index is 13.6. The van der Waals surface area contributed by atoms with E-state index in [1.54, 1.807) is 19.3 Å². The molecule has 0 amide bonds. The van der Waals surface area contributed by atoms with Gasteiger partial charge in [0.15, 0.2) is 16.9 Å². The topological polar surface area (TPSA) is 164 Å². The SMILES string of the molecule is CCOC(=O)c1c(NCc2ccc3ccccc3c2)c2cncnc2n(OCc2ccccc2)c1=O.O=c1cc(NCc2ccc3ccccc3c2)c2cncnc2n1OCc1ccccc1. The number of hydrogen-bond acceptors (Lipinski definition) is 12. The average molecular weight is 889 g/mol. The molecule has 0 saturated carbocycles. The second kappa shape index (κ2) is 20.3. The van der Waals surface area contributed by atoms with Crippen LogP contribution in [0.1, 0.15) is 39.5 Å². The summed E-state index contributed by atoms with van der Waals surface area (Å²) in [5.74, 6) is -0.744. The zero-order valence-electron chi connectivity index (χ0n) is 36.4. The number of nitrogens with one attached hydrogen (secondary N) is 2. The maximum atomic E-state index is 13.6. The largest absolute Gasteiger partial charge is 0.462 e. The second-order valence-corrected chi connectivity index (χ2v) is 15.4. The van der Waals surface area contributed by atoms with Gasteiger partial charge in [-0.05, 0) is 62.9 Å². The van der Waals surface area contributed by atoms with Crippen molar-refractivity contribution < 1.29 is 19.2 Å². The summed E-state index contributed by atoms with van der Waals surface area (Å²) in [6, 6.07) is 49.4. The van der Waals surface area contributed by atoms with E-state index >= 15 is 0 Å². The molecule has 0 aliphatic carbocycles. The van der Waals surface area contributed by atoms with Gasteiger partial charge in [-0.1, -0.05) is 133 Å². The van der Waals surface area contributed by atoms with E-state index in [2.05, 4.69) is 67.0 Å². The Bertz CT molecular complexity index is 3470. The van der Waals surface area contributed by atoms with E-state index in [0.29, 0.717) is 35.5 Å². The van der Waals surface area contributed by atoms with Crippen LogP contribution < -0.4 is 31.4 Å². The lowest BCUT2D eigenvalue weighted by atomic mass is 10.1. The number of pyridine rings is 2. The van der Waals surface area contributed by atoms with Crippen molar-refractivity contribution in [2.75, 3.05) is 17.2 Å². The molecule has 14 heteroatoms. The lowest BCUT2D eigenvalue weighted by Crippen LogP contribution is -2.34. The van der Waals surface area contributed by atoms with Gasteiger partial charge in [0.05, 0.1) is 28.8 Å². The summed E-state index contributed by atoms with van der Waals surface area (Å²) in [5.41, 5.74) is 4.49. The van der Waals surface area contributed by atoms with Gasteiger partial charge < -0.3 is 25.0 Å². The van der Waals surface area contributed by atoms with Gasteiger partial charge in [-0.2, -0.15) is 0 Å². The van der Waals surface area contributed by atoms with Gasteiger partial charge in [0, 0.05) is 31.5 Å². The number of ether oxygens (including phenoxy) is 1. The zero-order chi connectivity index (χ0) is 46.0. The molecule has 0 fully saturated rings. The predicted molar refractivity (Wildman–Crippen MR) is 260 cm³/mol. The Morgan fingerprint density at radius 1 is 0.552 bits per heavy atom. The number of benzene rings is 6. The Morgan fingerprint density at radius 3 is 1.64 bits per heavy atom. The number of hydrogen-bond donors (Lipinski definition) is 2. The highest BCUT2D eigenvalue weighted by Gasteiger charge is 2.25. The van der Waals surface area contributed by atoms with Crippen LogP contribution in [-0.2, 0) is 31.0 Å². The first-order chi connectivity index (χ1) is 32.9. The highest BCUT2D eigenvalue weighted by atomic mass is 16.7. The van der Waals surface area contributed by atoms with E-state index in [1.807, 2.05) is 109 Å². The summed E-state index contributed by atoms with van der Waals surface area (Å²) in [5, 5.41) is 12.4. The lowest BCUT2D eigenvalue weighted by Gasteiger charge is -2.17. The number of esters is 1. The van der Waals surface area contributed by atoms with Crippen LogP contribution in [0.4, 0.5) is 11.4 Å². The minimum atomic E-state index is -0.744. The lowest BCUT2D eigenvalue weighted by molar-refractivity contribution is 0.0513. The quantitative estimate of drug-likeness (QED) is 0.100. The number of anilines is 2. The van der Waals surface area contributed by atoms with Crippen molar-refractivity contribution in [2.45, 2.75) is 33.2 Å². The van der Waals surface area contributed by atoms with Gasteiger partial charge in [0.2, 0.25) is 0 Å². The fraction of sp³-hybridized carbons (Fsp3) is 0.113. The van der Waals surface area contributed by atoms with E-state index in [9.17, 15) is 14.4 Å². The van der Waals surface area contributed by atoms with Crippen LogP contribution >= 0.6 is 0 Å². The molecule has 6 aromatic carbocycles. The summed E-state index contributed by atoms with van der Waals surface area (Å²) in [6.45, 7) is 3.14. The molecule has 332 valence electrons. The van der Waals surface area contributed by atoms with Crippen molar-refractivity contribution in [1.82, 2.24) is 29.4 Å². The van der Waals surface area contributed by atoms with E-state index in [1.165, 1.54) is 34.2 Å². The fourth-order valence-electron chi connectivity index (χ4n) is 7.62. The molecule has 0 aliphatic heterocycles. The van der Waals surface area contributed by atoms with Crippen molar-refractivity contribution in [3.63, 3.8) is 0 Å². The van der Waals surface area contributed by atoms with Crippen LogP contribution in [0.5, 0.6) is 0 Å². The Balaban J connectivity index is 0.000000170. The van der Waals surface area contributed by atoms with E-state index < -0.39 is 11.5 Å². The summed E-state index contributed by atoms with van der Waals surface area (Å²) in [6.07, 6.45) is 5.99. The molecule has 67 heavy (non-hydrogen) atoms. The van der Waals surface area contributed by atoms with Gasteiger partial charge in [0.1, 0.15) is 25.9 Å². The summed E-state index contributed by atoms with van der Waals surface area (Å²) < 4.78 is 7.50. The standard InChI is InChI=1S/C28H24N4O4.C25H20N4O2/c1-2-35-28(34)24-25(30-15-20-12-13-21-10-6-7-11-22(21)14-20)23-16-29-18-31-26(23)32(27(24)33)36-17-19-8-4-3-5-9-19;30-24-13-23(27-14-19-10-11-20-8-4-5-9-21(20)12-19)22-15-26-17-28-25(22)29(24)31-16-18-6-2-1-3-7-18/h3-14,16,18,30H,2,15,17H2,1H3;1-13,15,17,27H,14,16H2. The number of fused-ring (bicyclic) bond motifs is 4. The average Bonchev–Trinajstić information content (AvgIpc) is 3.37. The van der Waals surface area contributed by atoms with Gasteiger partial charge in [-0.3, -0.25) is 9.59 Å². The van der Waals surface area contributed by atoms with Gasteiger partial charge >= 0.3 is 11.5 Å². The van der Waals surface area contributed by atoms with Gasteiger partial charge in [-0.15, -0.1) is 9.46 Å². The first kappa shape index (κ1) is 43.3. The van der Waals surface area contributed by atoms with Crippen molar-refractivity contribution in [3.8, 4) is 0 Å². The molecule has 10 aromatic rings. The van der Waals surface area contributed by atoms with Crippen molar-refractivity contribution in [3.05, 3.63) is 225 Å². The van der Waals surface area contributed by atoms with Crippen LogP contribution in [0.25, 0.3) is 43.6 Å². The molecule has 0 bridgehead atoms. The van der Waals surface area contributed by atoms with Gasteiger partial charge in [0.25, 0.3) is 5.56 Å². The smallest absolute Gasteiger partial charge is 0.346 e. The van der Waals surface area contributed by atoms with E-state index in [4.69, 9.17) is 14.4 Å². The third kappa shape index (κ3) is 9.93. The molecule has 2 N–H and O–H groups in total. The Morgan fingerprint density at radius 2 is 1.06 bits per heavy atom. The third-order valence-corrected chi connectivity index (χ3v) is 10.9. The molecule has 0 atom stereocenters. The fourth-order valence-corrected chi connectivity index (χ4v) is 7.62. The predicted octanol–water partition coefficient (Wildman–Crippen LogP) is 8.55. The zero-order valence-corrected chi connectivity index (χ0v) is 36.4. The Labute approximate surface area is 384 Å². The molecule has 0 spiro atoms. The minimum Gasteiger partial charge on any atom is -0.462 e. The van der Waals surface area contributed by atoms with Crippen LogP contribution in [0, 0.1) is 0 Å². The summed E-state index contributed by atoms with van der Waals surface area (Å²) in [7, 11) is 0. The number of aromatic nitrogens is 6. The molecule has 4 heterocycles. The van der Waals surface area contributed by atoms with E-state index in [-0.39, 0.29) is 36.6 Å². The number of carbonyl (C=O) groups is 1.